The van der Waals surface area contributed by atoms with Crippen molar-refractivity contribution in [3.05, 3.63) is 88.3 Å². The number of rotatable bonds is 6. The number of ether oxygens (including phenoxy) is 1. The molecule has 1 saturated heterocycles. The van der Waals surface area contributed by atoms with Crippen molar-refractivity contribution >= 4 is 21.8 Å². The van der Waals surface area contributed by atoms with Crippen LogP contribution in [0.4, 0.5) is 0 Å². The second kappa shape index (κ2) is 9.29. The lowest BCUT2D eigenvalue weighted by Gasteiger charge is -2.34. The molecule has 0 aliphatic carbocycles. The number of hydrogen-bond donors (Lipinski definition) is 0. The highest BCUT2D eigenvalue weighted by molar-refractivity contribution is 9.10. The number of furan rings is 1. The quantitative estimate of drug-likeness (QED) is 0.546. The lowest BCUT2D eigenvalue weighted by molar-refractivity contribution is 0.0594. The summed E-state index contributed by atoms with van der Waals surface area (Å²) in [6, 6.07) is 21.6. The first-order valence-electron chi connectivity index (χ1n) is 9.70. The zero-order chi connectivity index (χ0) is 20.1. The van der Waals surface area contributed by atoms with Gasteiger partial charge in [-0.1, -0.05) is 52.3 Å². The Morgan fingerprint density at radius 2 is 1.76 bits per heavy atom. The topological polar surface area (TPSA) is 45.9 Å². The van der Waals surface area contributed by atoms with Gasteiger partial charge in [-0.3, -0.25) is 9.69 Å². The molecule has 5 nitrogen and oxygen atoms in total. The van der Waals surface area contributed by atoms with Crippen molar-refractivity contribution in [3.63, 3.8) is 0 Å². The van der Waals surface area contributed by atoms with Gasteiger partial charge in [0.2, 0.25) is 0 Å². The molecule has 1 aromatic heterocycles. The van der Waals surface area contributed by atoms with Gasteiger partial charge < -0.3 is 14.1 Å². The van der Waals surface area contributed by atoms with Gasteiger partial charge in [0.05, 0.1) is 0 Å². The summed E-state index contributed by atoms with van der Waals surface area (Å²) in [6.07, 6.45) is 0. The molecule has 0 radical (unpaired) electrons. The van der Waals surface area contributed by atoms with Crippen molar-refractivity contribution in [1.82, 2.24) is 9.80 Å². The first kappa shape index (κ1) is 19.7. The molecule has 150 valence electrons. The summed E-state index contributed by atoms with van der Waals surface area (Å²) >= 11 is 3.42. The van der Waals surface area contributed by atoms with Crippen molar-refractivity contribution in [2.75, 3.05) is 26.2 Å². The molecule has 1 amide bonds. The first-order valence-corrected chi connectivity index (χ1v) is 10.5. The molecule has 1 fully saturated rings. The lowest BCUT2D eigenvalue weighted by Crippen LogP contribution is -2.48. The second-order valence-corrected chi connectivity index (χ2v) is 7.98. The summed E-state index contributed by atoms with van der Waals surface area (Å²) in [7, 11) is 0. The van der Waals surface area contributed by atoms with Gasteiger partial charge in [-0.05, 0) is 35.9 Å². The molecule has 29 heavy (non-hydrogen) atoms. The van der Waals surface area contributed by atoms with Gasteiger partial charge in [0.25, 0.3) is 5.91 Å². The Labute approximate surface area is 179 Å². The van der Waals surface area contributed by atoms with E-state index >= 15 is 0 Å². The number of amides is 1. The third-order valence-corrected chi connectivity index (χ3v) is 5.45. The summed E-state index contributed by atoms with van der Waals surface area (Å²) in [5, 5.41) is 0. The molecule has 1 aliphatic heterocycles. The van der Waals surface area contributed by atoms with Crippen LogP contribution >= 0.6 is 15.9 Å². The van der Waals surface area contributed by atoms with Gasteiger partial charge in [0, 0.05) is 37.2 Å². The molecular formula is C23H23BrN2O3. The van der Waals surface area contributed by atoms with E-state index in [1.165, 1.54) is 5.56 Å². The maximum absolute atomic E-state index is 12.8. The third-order valence-electron chi connectivity index (χ3n) is 4.96. The van der Waals surface area contributed by atoms with Crippen LogP contribution in [0, 0.1) is 0 Å². The average molecular weight is 455 g/mol. The first-order chi connectivity index (χ1) is 14.2. The highest BCUT2D eigenvalue weighted by Gasteiger charge is 2.24. The fraction of sp³-hybridized carbons (Fsp3) is 0.261. The molecule has 4 rings (SSSR count). The van der Waals surface area contributed by atoms with Crippen LogP contribution in [0.3, 0.4) is 0 Å². The fourth-order valence-electron chi connectivity index (χ4n) is 3.39. The number of hydrogen-bond acceptors (Lipinski definition) is 4. The normalized spacial score (nSPS) is 14.7. The Balaban J connectivity index is 1.28. The standard InChI is InChI=1S/C23H23BrN2O3/c24-19-7-4-8-20(15-19)28-17-21-9-10-22(29-21)23(27)26-13-11-25(12-14-26)16-18-5-2-1-3-6-18/h1-10,15H,11-14,16-17H2. The van der Waals surface area contributed by atoms with Crippen LogP contribution in [0.2, 0.25) is 0 Å². The molecule has 1 aliphatic rings. The molecule has 0 N–H and O–H groups in total. The van der Waals surface area contributed by atoms with E-state index in [1.54, 1.807) is 12.1 Å². The Hall–Kier alpha value is -2.57. The van der Waals surface area contributed by atoms with Crippen LogP contribution in [0.5, 0.6) is 5.75 Å². The van der Waals surface area contributed by atoms with Crippen LogP contribution in [-0.2, 0) is 13.2 Å². The predicted molar refractivity (Wildman–Crippen MR) is 115 cm³/mol. The van der Waals surface area contributed by atoms with Gasteiger partial charge in [-0.15, -0.1) is 0 Å². The number of carbonyl (C=O) groups is 1. The number of halogens is 1. The minimum Gasteiger partial charge on any atom is -0.486 e. The predicted octanol–water partition coefficient (Wildman–Crippen LogP) is 4.58. The van der Waals surface area contributed by atoms with Crippen molar-refractivity contribution < 1.29 is 13.9 Å². The zero-order valence-electron chi connectivity index (χ0n) is 16.1. The molecule has 3 aromatic rings. The van der Waals surface area contributed by atoms with E-state index < -0.39 is 0 Å². The Morgan fingerprint density at radius 1 is 0.966 bits per heavy atom. The van der Waals surface area contributed by atoms with Gasteiger partial charge in [0.15, 0.2) is 5.76 Å². The molecule has 6 heteroatoms. The maximum Gasteiger partial charge on any atom is 0.289 e. The molecule has 0 atom stereocenters. The molecule has 2 aromatic carbocycles. The van der Waals surface area contributed by atoms with Crippen molar-refractivity contribution in [1.29, 1.82) is 0 Å². The minimum absolute atomic E-state index is 0.0573. The van der Waals surface area contributed by atoms with Gasteiger partial charge >= 0.3 is 0 Å². The summed E-state index contributed by atoms with van der Waals surface area (Å²) in [6.45, 7) is 4.34. The lowest BCUT2D eigenvalue weighted by atomic mass is 10.2. The zero-order valence-corrected chi connectivity index (χ0v) is 17.7. The van der Waals surface area contributed by atoms with Gasteiger partial charge in [0.1, 0.15) is 18.1 Å². The van der Waals surface area contributed by atoms with Crippen LogP contribution in [-0.4, -0.2) is 41.9 Å². The summed E-state index contributed by atoms with van der Waals surface area (Å²) < 4.78 is 12.4. The van der Waals surface area contributed by atoms with E-state index in [4.69, 9.17) is 9.15 Å². The highest BCUT2D eigenvalue weighted by atomic mass is 79.9. The summed E-state index contributed by atoms with van der Waals surface area (Å²) in [5.41, 5.74) is 1.30. The Morgan fingerprint density at radius 3 is 2.52 bits per heavy atom. The van der Waals surface area contributed by atoms with Gasteiger partial charge in [-0.25, -0.2) is 0 Å². The van der Waals surface area contributed by atoms with Crippen LogP contribution in [0.25, 0.3) is 0 Å². The SMILES string of the molecule is O=C(c1ccc(COc2cccc(Br)c2)o1)N1CCN(Cc2ccccc2)CC1. The molecule has 0 unspecified atom stereocenters. The van der Waals surface area contributed by atoms with Crippen LogP contribution in [0.15, 0.2) is 75.6 Å². The van der Waals surface area contributed by atoms with E-state index in [9.17, 15) is 4.79 Å². The number of carbonyl (C=O) groups excluding carboxylic acids is 1. The molecule has 0 spiro atoms. The molecule has 0 bridgehead atoms. The Kier molecular flexibility index (Phi) is 6.32. The number of piperazine rings is 1. The molecular weight excluding hydrogens is 432 g/mol. The fourth-order valence-corrected chi connectivity index (χ4v) is 3.77. The van der Waals surface area contributed by atoms with E-state index in [2.05, 4.69) is 45.1 Å². The average Bonchev–Trinajstić information content (AvgIpc) is 3.22. The van der Waals surface area contributed by atoms with Gasteiger partial charge in [-0.2, -0.15) is 0 Å². The summed E-state index contributed by atoms with van der Waals surface area (Å²) in [5.74, 6) is 1.70. The Bertz CT molecular complexity index is 950. The van der Waals surface area contributed by atoms with Crippen molar-refractivity contribution in [3.8, 4) is 5.75 Å². The largest absolute Gasteiger partial charge is 0.486 e. The van der Waals surface area contributed by atoms with E-state index in [0.29, 0.717) is 24.6 Å². The van der Waals surface area contributed by atoms with E-state index in [0.717, 1.165) is 29.9 Å². The van der Waals surface area contributed by atoms with Crippen molar-refractivity contribution in [2.24, 2.45) is 0 Å². The molecule has 0 saturated carbocycles. The second-order valence-electron chi connectivity index (χ2n) is 7.07. The van der Waals surface area contributed by atoms with Crippen LogP contribution < -0.4 is 4.74 Å². The highest BCUT2D eigenvalue weighted by Crippen LogP contribution is 2.20. The third kappa shape index (κ3) is 5.28. The number of benzene rings is 2. The van der Waals surface area contributed by atoms with Crippen LogP contribution in [0.1, 0.15) is 21.9 Å². The maximum atomic E-state index is 12.8. The monoisotopic (exact) mass is 454 g/mol. The van der Waals surface area contributed by atoms with Crippen molar-refractivity contribution in [2.45, 2.75) is 13.2 Å². The summed E-state index contributed by atoms with van der Waals surface area (Å²) in [4.78, 5) is 17.0. The van der Waals surface area contributed by atoms with E-state index in [1.807, 2.05) is 35.2 Å². The minimum atomic E-state index is -0.0573. The van der Waals surface area contributed by atoms with E-state index in [-0.39, 0.29) is 12.5 Å². The molecule has 2 heterocycles. The number of nitrogens with zero attached hydrogens (tertiary/aromatic N) is 2. The smallest absolute Gasteiger partial charge is 0.289 e.